The summed E-state index contributed by atoms with van der Waals surface area (Å²) in [5, 5.41) is 3.28. The Hall–Kier alpha value is -0.610. The first-order chi connectivity index (χ1) is 7.58. The lowest BCUT2D eigenvalue weighted by Gasteiger charge is -2.19. The maximum atomic E-state index is 13.4. The molecule has 0 aliphatic heterocycles. The van der Waals surface area contributed by atoms with E-state index in [9.17, 15) is 4.39 Å². The molecule has 0 aromatic heterocycles. The van der Waals surface area contributed by atoms with Crippen LogP contribution in [0.4, 0.5) is 10.1 Å². The topological polar surface area (TPSA) is 21.3 Å². The van der Waals surface area contributed by atoms with Gasteiger partial charge < -0.3 is 10.1 Å². The number of nitrogens with one attached hydrogen (secondary N) is 1. The van der Waals surface area contributed by atoms with Crippen molar-refractivity contribution in [3.05, 3.63) is 28.0 Å². The van der Waals surface area contributed by atoms with Gasteiger partial charge in [0.05, 0.1) is 11.1 Å². The maximum absolute atomic E-state index is 13.4. The summed E-state index contributed by atoms with van der Waals surface area (Å²) < 4.78 is 19.0. The van der Waals surface area contributed by atoms with Crippen molar-refractivity contribution in [2.45, 2.75) is 26.3 Å². The number of anilines is 1. The minimum Gasteiger partial charge on any atom is -0.383 e. The summed E-state index contributed by atoms with van der Waals surface area (Å²) in [7, 11) is 1.67. The third kappa shape index (κ3) is 3.46. The van der Waals surface area contributed by atoms with E-state index in [0.717, 1.165) is 17.7 Å². The summed E-state index contributed by atoms with van der Waals surface area (Å²) in [6.07, 6.45) is 0.935. The summed E-state index contributed by atoms with van der Waals surface area (Å²) in [6, 6.07) is 3.50. The minimum absolute atomic E-state index is 0.212. The first-order valence-electron chi connectivity index (χ1n) is 5.29. The van der Waals surface area contributed by atoms with E-state index in [4.69, 9.17) is 4.74 Å². The molecule has 1 unspecified atom stereocenters. The average molecular weight is 290 g/mol. The van der Waals surface area contributed by atoms with Crippen LogP contribution in [0.3, 0.4) is 0 Å². The number of hydrogen-bond acceptors (Lipinski definition) is 2. The van der Waals surface area contributed by atoms with Gasteiger partial charge in [-0.1, -0.05) is 6.92 Å². The average Bonchev–Trinajstić information content (AvgIpc) is 2.25. The molecule has 0 spiro atoms. The summed E-state index contributed by atoms with van der Waals surface area (Å²) in [5.74, 6) is -0.250. The molecule has 0 amide bonds. The van der Waals surface area contributed by atoms with E-state index >= 15 is 0 Å². The number of halogens is 2. The molecule has 0 bridgehead atoms. The molecule has 0 fully saturated rings. The molecule has 2 nitrogen and oxygen atoms in total. The van der Waals surface area contributed by atoms with Crippen molar-refractivity contribution in [3.8, 4) is 0 Å². The van der Waals surface area contributed by atoms with Crippen molar-refractivity contribution >= 4 is 21.6 Å². The van der Waals surface area contributed by atoms with Crippen molar-refractivity contribution in [3.63, 3.8) is 0 Å². The molecular formula is C12H17BrFNO. The number of rotatable bonds is 5. The molecule has 1 aromatic carbocycles. The second-order valence-corrected chi connectivity index (χ2v) is 4.64. The zero-order chi connectivity index (χ0) is 12.1. The molecule has 90 valence electrons. The van der Waals surface area contributed by atoms with Crippen molar-refractivity contribution in [2.75, 3.05) is 19.0 Å². The Bertz CT molecular complexity index is 357. The SMILES string of the molecule is CCC(COC)Nc1cc(F)c(Br)cc1C. The molecule has 1 aromatic rings. The molecule has 0 saturated heterocycles. The van der Waals surface area contributed by atoms with E-state index in [1.54, 1.807) is 13.2 Å². The quantitative estimate of drug-likeness (QED) is 0.892. The highest BCUT2D eigenvalue weighted by atomic mass is 79.9. The van der Waals surface area contributed by atoms with Crippen LogP contribution in [-0.2, 0) is 4.74 Å². The van der Waals surface area contributed by atoms with Gasteiger partial charge >= 0.3 is 0 Å². The highest BCUT2D eigenvalue weighted by Crippen LogP contribution is 2.24. The van der Waals surface area contributed by atoms with Gasteiger partial charge in [0.15, 0.2) is 0 Å². The number of hydrogen-bond donors (Lipinski definition) is 1. The van der Waals surface area contributed by atoms with Gasteiger partial charge in [0.25, 0.3) is 0 Å². The predicted molar refractivity (Wildman–Crippen MR) is 68.4 cm³/mol. The Morgan fingerprint density at radius 2 is 2.19 bits per heavy atom. The predicted octanol–water partition coefficient (Wildman–Crippen LogP) is 3.73. The Morgan fingerprint density at radius 3 is 2.75 bits per heavy atom. The molecule has 1 rings (SSSR count). The summed E-state index contributed by atoms with van der Waals surface area (Å²) in [6.45, 7) is 4.64. The normalized spacial score (nSPS) is 12.6. The van der Waals surface area contributed by atoms with Gasteiger partial charge in [0.2, 0.25) is 0 Å². The highest BCUT2D eigenvalue weighted by Gasteiger charge is 2.09. The third-order valence-corrected chi connectivity index (χ3v) is 3.10. The van der Waals surface area contributed by atoms with E-state index in [1.807, 2.05) is 6.92 Å². The monoisotopic (exact) mass is 289 g/mol. The molecule has 0 aliphatic rings. The van der Waals surface area contributed by atoms with Crippen molar-refractivity contribution in [1.29, 1.82) is 0 Å². The van der Waals surface area contributed by atoms with Crippen LogP contribution < -0.4 is 5.32 Å². The highest BCUT2D eigenvalue weighted by molar-refractivity contribution is 9.10. The second-order valence-electron chi connectivity index (χ2n) is 3.79. The molecule has 4 heteroatoms. The van der Waals surface area contributed by atoms with Crippen molar-refractivity contribution in [1.82, 2.24) is 0 Å². The lowest BCUT2D eigenvalue weighted by atomic mass is 10.1. The van der Waals surface area contributed by atoms with Crippen molar-refractivity contribution < 1.29 is 9.13 Å². The second kappa shape index (κ2) is 6.21. The van der Waals surface area contributed by atoms with E-state index in [1.165, 1.54) is 6.07 Å². The fourth-order valence-corrected chi connectivity index (χ4v) is 1.94. The van der Waals surface area contributed by atoms with Crippen LogP contribution in [0.5, 0.6) is 0 Å². The first kappa shape index (κ1) is 13.5. The molecule has 0 radical (unpaired) electrons. The maximum Gasteiger partial charge on any atom is 0.139 e. The first-order valence-corrected chi connectivity index (χ1v) is 6.08. The Balaban J connectivity index is 2.83. The summed E-state index contributed by atoms with van der Waals surface area (Å²) in [5.41, 5.74) is 1.84. The van der Waals surface area contributed by atoms with Gasteiger partial charge in [-0.25, -0.2) is 4.39 Å². The molecule has 1 N–H and O–H groups in total. The van der Waals surface area contributed by atoms with Crippen LogP contribution >= 0.6 is 15.9 Å². The number of ether oxygens (including phenoxy) is 1. The van der Waals surface area contributed by atoms with Gasteiger partial charge in [-0.2, -0.15) is 0 Å². The van der Waals surface area contributed by atoms with Crippen LogP contribution in [0.25, 0.3) is 0 Å². The molecular weight excluding hydrogens is 273 g/mol. The number of methoxy groups -OCH3 is 1. The fourth-order valence-electron chi connectivity index (χ4n) is 1.48. The zero-order valence-corrected chi connectivity index (χ0v) is 11.4. The van der Waals surface area contributed by atoms with Gasteiger partial charge in [-0.05, 0) is 47.0 Å². The van der Waals surface area contributed by atoms with Crippen molar-refractivity contribution in [2.24, 2.45) is 0 Å². The summed E-state index contributed by atoms with van der Waals surface area (Å²) >= 11 is 3.17. The Kier molecular flexibility index (Phi) is 5.22. The molecule has 16 heavy (non-hydrogen) atoms. The lowest BCUT2D eigenvalue weighted by molar-refractivity contribution is 0.184. The van der Waals surface area contributed by atoms with Gasteiger partial charge in [0.1, 0.15) is 5.82 Å². The fraction of sp³-hybridized carbons (Fsp3) is 0.500. The molecule has 0 saturated carbocycles. The smallest absolute Gasteiger partial charge is 0.139 e. The van der Waals surface area contributed by atoms with Crippen LogP contribution in [-0.4, -0.2) is 19.8 Å². The zero-order valence-electron chi connectivity index (χ0n) is 9.81. The molecule has 0 heterocycles. The van der Waals surface area contributed by atoms with Gasteiger partial charge in [-0.3, -0.25) is 0 Å². The molecule has 0 aliphatic carbocycles. The third-order valence-electron chi connectivity index (χ3n) is 2.49. The van der Waals surface area contributed by atoms with E-state index in [0.29, 0.717) is 11.1 Å². The van der Waals surface area contributed by atoms with E-state index < -0.39 is 0 Å². The number of aryl methyl sites for hydroxylation is 1. The van der Waals surface area contributed by atoms with Crippen LogP contribution in [0.1, 0.15) is 18.9 Å². The Morgan fingerprint density at radius 1 is 1.50 bits per heavy atom. The number of benzene rings is 1. The lowest BCUT2D eigenvalue weighted by Crippen LogP contribution is -2.24. The van der Waals surface area contributed by atoms with Gasteiger partial charge in [0, 0.05) is 18.8 Å². The van der Waals surface area contributed by atoms with Crippen LogP contribution in [0, 0.1) is 12.7 Å². The van der Waals surface area contributed by atoms with Crippen LogP contribution in [0.15, 0.2) is 16.6 Å². The largest absolute Gasteiger partial charge is 0.383 e. The van der Waals surface area contributed by atoms with E-state index in [-0.39, 0.29) is 11.9 Å². The molecule has 1 atom stereocenters. The summed E-state index contributed by atoms with van der Waals surface area (Å²) in [4.78, 5) is 0. The standard InChI is InChI=1S/C12H17BrFNO/c1-4-9(7-16-3)15-12-6-11(14)10(13)5-8(12)2/h5-6,9,15H,4,7H2,1-3H3. The van der Waals surface area contributed by atoms with E-state index in [2.05, 4.69) is 28.2 Å². The minimum atomic E-state index is -0.250. The van der Waals surface area contributed by atoms with Crippen LogP contribution in [0.2, 0.25) is 0 Å². The Labute approximate surface area is 104 Å². The van der Waals surface area contributed by atoms with Gasteiger partial charge in [-0.15, -0.1) is 0 Å².